The summed E-state index contributed by atoms with van der Waals surface area (Å²) in [4.78, 5) is 25.9. The van der Waals surface area contributed by atoms with Gasteiger partial charge in [-0.2, -0.15) is 0 Å². The zero-order chi connectivity index (χ0) is 20.6. The Balaban J connectivity index is 1.48. The van der Waals surface area contributed by atoms with Gasteiger partial charge in [-0.25, -0.2) is 4.79 Å². The monoisotopic (exact) mass is 419 g/mol. The van der Waals surface area contributed by atoms with Gasteiger partial charge in [-0.15, -0.1) is 0 Å². The second-order valence-corrected chi connectivity index (χ2v) is 6.67. The Bertz CT molecular complexity index is 872. The number of ether oxygens (including phenoxy) is 4. The number of esters is 1. The average molecular weight is 420 g/mol. The van der Waals surface area contributed by atoms with Crippen LogP contribution >= 0.6 is 11.6 Å². The van der Waals surface area contributed by atoms with Gasteiger partial charge in [0.05, 0.1) is 5.02 Å². The van der Waals surface area contributed by atoms with Gasteiger partial charge in [-0.1, -0.05) is 29.8 Å². The molecule has 0 saturated carbocycles. The van der Waals surface area contributed by atoms with Crippen molar-refractivity contribution in [2.24, 2.45) is 0 Å². The van der Waals surface area contributed by atoms with Crippen molar-refractivity contribution in [3.05, 3.63) is 53.1 Å². The van der Waals surface area contributed by atoms with Crippen molar-refractivity contribution in [1.82, 2.24) is 4.90 Å². The molecule has 1 amide bonds. The Morgan fingerprint density at radius 3 is 2.59 bits per heavy atom. The Morgan fingerprint density at radius 2 is 1.83 bits per heavy atom. The van der Waals surface area contributed by atoms with Crippen molar-refractivity contribution in [3.8, 4) is 17.2 Å². The SMILES string of the molecule is CCN(Cc1ccc2c(c1)OCCO2)C(=O)COC(=O)COc1ccccc1Cl. The predicted molar refractivity (Wildman–Crippen MR) is 106 cm³/mol. The quantitative estimate of drug-likeness (QED) is 0.612. The lowest BCUT2D eigenvalue weighted by Crippen LogP contribution is -2.34. The number of likely N-dealkylation sites (N-methyl/N-ethyl adjacent to an activating group) is 1. The number of rotatable bonds is 8. The van der Waals surface area contributed by atoms with Gasteiger partial charge in [0.25, 0.3) is 5.91 Å². The van der Waals surface area contributed by atoms with Gasteiger partial charge in [0, 0.05) is 13.1 Å². The zero-order valence-electron chi connectivity index (χ0n) is 16.1. The van der Waals surface area contributed by atoms with Crippen molar-refractivity contribution >= 4 is 23.5 Å². The smallest absolute Gasteiger partial charge is 0.344 e. The summed E-state index contributed by atoms with van der Waals surface area (Å²) in [5.41, 5.74) is 0.901. The van der Waals surface area contributed by atoms with E-state index in [-0.39, 0.29) is 19.1 Å². The van der Waals surface area contributed by atoms with Crippen molar-refractivity contribution in [1.29, 1.82) is 0 Å². The first kappa shape index (κ1) is 20.8. The van der Waals surface area contributed by atoms with Crippen molar-refractivity contribution in [2.75, 3.05) is 33.0 Å². The topological polar surface area (TPSA) is 74.3 Å². The van der Waals surface area contributed by atoms with Crippen molar-refractivity contribution < 1.29 is 28.5 Å². The lowest BCUT2D eigenvalue weighted by molar-refractivity contribution is -0.153. The van der Waals surface area contributed by atoms with Gasteiger partial charge in [0.15, 0.2) is 24.7 Å². The van der Waals surface area contributed by atoms with E-state index in [0.29, 0.717) is 48.6 Å². The molecule has 2 aromatic carbocycles. The van der Waals surface area contributed by atoms with E-state index in [2.05, 4.69) is 0 Å². The third-order valence-corrected chi connectivity index (χ3v) is 4.57. The number of hydrogen-bond donors (Lipinski definition) is 0. The summed E-state index contributed by atoms with van der Waals surface area (Å²) in [6.07, 6.45) is 0. The molecule has 154 valence electrons. The van der Waals surface area contributed by atoms with Crippen LogP contribution in [0.5, 0.6) is 17.2 Å². The zero-order valence-corrected chi connectivity index (χ0v) is 16.8. The van der Waals surface area contributed by atoms with E-state index in [9.17, 15) is 9.59 Å². The summed E-state index contributed by atoms with van der Waals surface area (Å²) in [6.45, 7) is 3.05. The van der Waals surface area contributed by atoms with Crippen LogP contribution in [-0.2, 0) is 20.9 Å². The molecule has 1 aliphatic rings. The molecule has 0 fully saturated rings. The van der Waals surface area contributed by atoms with E-state index < -0.39 is 5.97 Å². The fraction of sp³-hybridized carbons (Fsp3) is 0.333. The lowest BCUT2D eigenvalue weighted by atomic mass is 10.2. The number of benzene rings is 2. The van der Waals surface area contributed by atoms with E-state index in [4.69, 9.17) is 30.5 Å². The highest BCUT2D eigenvalue weighted by Gasteiger charge is 2.17. The Kier molecular flexibility index (Phi) is 7.19. The molecule has 0 saturated heterocycles. The third-order valence-electron chi connectivity index (χ3n) is 4.25. The van der Waals surface area contributed by atoms with Gasteiger partial charge < -0.3 is 23.8 Å². The fourth-order valence-electron chi connectivity index (χ4n) is 2.76. The summed E-state index contributed by atoms with van der Waals surface area (Å²) >= 11 is 5.96. The van der Waals surface area contributed by atoms with E-state index in [1.165, 1.54) is 0 Å². The molecular formula is C21H22ClNO6. The number of para-hydroxylation sites is 1. The second kappa shape index (κ2) is 10.0. The van der Waals surface area contributed by atoms with E-state index in [1.54, 1.807) is 29.2 Å². The van der Waals surface area contributed by atoms with Crippen LogP contribution < -0.4 is 14.2 Å². The molecule has 8 heteroatoms. The van der Waals surface area contributed by atoms with Crippen LogP contribution in [0.2, 0.25) is 5.02 Å². The highest BCUT2D eigenvalue weighted by Crippen LogP contribution is 2.31. The molecule has 0 spiro atoms. The molecular weight excluding hydrogens is 398 g/mol. The minimum absolute atomic E-state index is 0.298. The number of halogens is 1. The number of nitrogens with zero attached hydrogens (tertiary/aromatic N) is 1. The van der Waals surface area contributed by atoms with Crippen LogP contribution in [0.3, 0.4) is 0 Å². The largest absolute Gasteiger partial charge is 0.486 e. The summed E-state index contributed by atoms with van der Waals surface area (Å²) in [7, 11) is 0. The van der Waals surface area contributed by atoms with Crippen LogP contribution in [0.15, 0.2) is 42.5 Å². The van der Waals surface area contributed by atoms with Gasteiger partial charge in [-0.3, -0.25) is 4.79 Å². The first-order valence-electron chi connectivity index (χ1n) is 9.26. The first-order chi connectivity index (χ1) is 14.1. The highest BCUT2D eigenvalue weighted by molar-refractivity contribution is 6.32. The minimum atomic E-state index is -0.645. The maximum absolute atomic E-state index is 12.4. The fourth-order valence-corrected chi connectivity index (χ4v) is 2.95. The van der Waals surface area contributed by atoms with Gasteiger partial charge >= 0.3 is 5.97 Å². The minimum Gasteiger partial charge on any atom is -0.486 e. The Hall–Kier alpha value is -2.93. The standard InChI is InChI=1S/C21H22ClNO6/c1-2-23(12-15-7-8-18-19(11-15)27-10-9-26-18)20(24)13-29-21(25)14-28-17-6-4-3-5-16(17)22/h3-8,11H,2,9-10,12-14H2,1H3. The van der Waals surface area contributed by atoms with Gasteiger partial charge in [0.1, 0.15) is 19.0 Å². The van der Waals surface area contributed by atoms with Crippen LogP contribution in [0.25, 0.3) is 0 Å². The first-order valence-corrected chi connectivity index (χ1v) is 9.64. The normalized spacial score (nSPS) is 12.2. The molecule has 0 aromatic heterocycles. The summed E-state index contributed by atoms with van der Waals surface area (Å²) in [6, 6.07) is 12.4. The van der Waals surface area contributed by atoms with E-state index in [1.807, 2.05) is 25.1 Å². The molecule has 1 aliphatic heterocycles. The number of amides is 1. The molecule has 29 heavy (non-hydrogen) atoms. The second-order valence-electron chi connectivity index (χ2n) is 6.27. The molecule has 2 aromatic rings. The van der Waals surface area contributed by atoms with Crippen LogP contribution in [-0.4, -0.2) is 49.7 Å². The highest BCUT2D eigenvalue weighted by atomic mass is 35.5. The molecule has 0 bridgehead atoms. The molecule has 0 unspecified atom stereocenters. The summed E-state index contributed by atoms with van der Waals surface area (Å²) < 4.78 is 21.4. The number of hydrogen-bond acceptors (Lipinski definition) is 6. The van der Waals surface area contributed by atoms with Gasteiger partial charge in [-0.05, 0) is 36.8 Å². The lowest BCUT2D eigenvalue weighted by Gasteiger charge is -2.23. The number of carbonyl (C=O) groups excluding carboxylic acids is 2. The Morgan fingerprint density at radius 1 is 1.07 bits per heavy atom. The predicted octanol–water partition coefficient (Wildman–Crippen LogP) is 3.08. The van der Waals surface area contributed by atoms with Crippen LogP contribution in [0.1, 0.15) is 12.5 Å². The number of carbonyl (C=O) groups is 2. The average Bonchev–Trinajstić information content (AvgIpc) is 2.75. The van der Waals surface area contributed by atoms with E-state index >= 15 is 0 Å². The molecule has 3 rings (SSSR count). The summed E-state index contributed by atoms with van der Waals surface area (Å²) in [5, 5.41) is 0.396. The van der Waals surface area contributed by atoms with E-state index in [0.717, 1.165) is 5.56 Å². The Labute approximate surface area is 174 Å². The molecule has 0 N–H and O–H groups in total. The molecule has 0 atom stereocenters. The molecule has 1 heterocycles. The third kappa shape index (κ3) is 5.77. The van der Waals surface area contributed by atoms with Crippen LogP contribution in [0, 0.1) is 0 Å². The van der Waals surface area contributed by atoms with Crippen molar-refractivity contribution in [3.63, 3.8) is 0 Å². The number of fused-ring (bicyclic) bond motifs is 1. The van der Waals surface area contributed by atoms with Crippen LogP contribution in [0.4, 0.5) is 0 Å². The maximum atomic E-state index is 12.4. The molecule has 0 radical (unpaired) electrons. The summed E-state index contributed by atoms with van der Waals surface area (Å²) in [5.74, 6) is 0.801. The van der Waals surface area contributed by atoms with Gasteiger partial charge in [0.2, 0.25) is 0 Å². The molecule has 7 nitrogen and oxygen atoms in total. The maximum Gasteiger partial charge on any atom is 0.344 e. The molecule has 0 aliphatic carbocycles. The van der Waals surface area contributed by atoms with Crippen molar-refractivity contribution in [2.45, 2.75) is 13.5 Å².